The molecule has 0 radical (unpaired) electrons. The van der Waals surface area contributed by atoms with Gasteiger partial charge < -0.3 is 4.90 Å². The molecule has 0 unspecified atom stereocenters. The maximum Gasteiger partial charge on any atom is 0.231 e. The number of rotatable bonds is 3. The van der Waals surface area contributed by atoms with Gasteiger partial charge in [-0.1, -0.05) is 35.9 Å². The monoisotopic (exact) mass is 264 g/mol. The lowest BCUT2D eigenvalue weighted by Gasteiger charge is -2.17. The van der Waals surface area contributed by atoms with Crippen molar-refractivity contribution in [2.45, 2.75) is 13.3 Å². The van der Waals surface area contributed by atoms with Gasteiger partial charge in [0.15, 0.2) is 0 Å². The number of nitriles is 1. The maximum absolute atomic E-state index is 12.2. The predicted molar refractivity (Wildman–Crippen MR) is 79.5 cm³/mol. The van der Waals surface area contributed by atoms with Gasteiger partial charge in [0.25, 0.3) is 0 Å². The fourth-order valence-corrected chi connectivity index (χ4v) is 1.93. The molecule has 0 atom stereocenters. The number of hydrogen-bond acceptors (Lipinski definition) is 2. The van der Waals surface area contributed by atoms with Crippen molar-refractivity contribution < 1.29 is 4.79 Å². The Hall–Kier alpha value is -2.60. The quantitative estimate of drug-likeness (QED) is 0.855. The van der Waals surface area contributed by atoms with Crippen LogP contribution >= 0.6 is 0 Å². The summed E-state index contributed by atoms with van der Waals surface area (Å²) in [5.41, 5.74) is 3.46. The fraction of sp³-hybridized carbons (Fsp3) is 0.176. The zero-order valence-corrected chi connectivity index (χ0v) is 11.6. The number of hydrogen-bond donors (Lipinski definition) is 0. The van der Waals surface area contributed by atoms with E-state index >= 15 is 0 Å². The van der Waals surface area contributed by atoms with Crippen molar-refractivity contribution >= 4 is 11.6 Å². The van der Waals surface area contributed by atoms with Crippen LogP contribution in [0.15, 0.2) is 48.5 Å². The van der Waals surface area contributed by atoms with Gasteiger partial charge in [-0.2, -0.15) is 5.26 Å². The van der Waals surface area contributed by atoms with E-state index < -0.39 is 0 Å². The summed E-state index contributed by atoms with van der Waals surface area (Å²) in [6.45, 7) is 2.02. The van der Waals surface area contributed by atoms with E-state index in [2.05, 4.69) is 6.07 Å². The van der Waals surface area contributed by atoms with Crippen LogP contribution in [-0.2, 0) is 11.2 Å². The molecule has 3 nitrogen and oxygen atoms in total. The van der Waals surface area contributed by atoms with Crippen LogP contribution < -0.4 is 4.90 Å². The van der Waals surface area contributed by atoms with Gasteiger partial charge in [0.1, 0.15) is 0 Å². The lowest BCUT2D eigenvalue weighted by molar-refractivity contribution is -0.117. The summed E-state index contributed by atoms with van der Waals surface area (Å²) in [5.74, 6) is 0.00365. The third-order valence-electron chi connectivity index (χ3n) is 3.21. The molecular formula is C17H16N2O. The van der Waals surface area contributed by atoms with Gasteiger partial charge in [-0.15, -0.1) is 0 Å². The molecule has 0 spiro atoms. The highest BCUT2D eigenvalue weighted by Gasteiger charge is 2.12. The van der Waals surface area contributed by atoms with Crippen molar-refractivity contribution in [1.29, 1.82) is 5.26 Å². The van der Waals surface area contributed by atoms with Crippen LogP contribution in [0, 0.1) is 18.3 Å². The van der Waals surface area contributed by atoms with Gasteiger partial charge >= 0.3 is 0 Å². The Morgan fingerprint density at radius 2 is 1.90 bits per heavy atom. The van der Waals surface area contributed by atoms with E-state index in [0.29, 0.717) is 12.0 Å². The van der Waals surface area contributed by atoms with Gasteiger partial charge in [0.2, 0.25) is 5.91 Å². The molecule has 0 saturated heterocycles. The Morgan fingerprint density at radius 1 is 1.20 bits per heavy atom. The molecule has 1 amide bonds. The zero-order chi connectivity index (χ0) is 14.5. The van der Waals surface area contributed by atoms with Crippen LogP contribution in [0.1, 0.15) is 16.7 Å². The van der Waals surface area contributed by atoms with Gasteiger partial charge in [0.05, 0.1) is 18.1 Å². The van der Waals surface area contributed by atoms with Crippen molar-refractivity contribution in [1.82, 2.24) is 0 Å². The van der Waals surface area contributed by atoms with Gasteiger partial charge in [-0.3, -0.25) is 4.79 Å². The third kappa shape index (κ3) is 3.24. The summed E-state index contributed by atoms with van der Waals surface area (Å²) in [7, 11) is 1.73. The number of likely N-dealkylation sites (N-methyl/N-ethyl adjacent to an activating group) is 1. The van der Waals surface area contributed by atoms with E-state index in [4.69, 9.17) is 5.26 Å². The molecule has 100 valence electrons. The molecule has 0 aliphatic carbocycles. The number of aryl methyl sites for hydroxylation is 1. The number of benzene rings is 2. The second-order valence-electron chi connectivity index (χ2n) is 4.78. The predicted octanol–water partition coefficient (Wildman–Crippen LogP) is 3.07. The van der Waals surface area contributed by atoms with E-state index in [-0.39, 0.29) is 5.91 Å². The zero-order valence-electron chi connectivity index (χ0n) is 11.6. The average Bonchev–Trinajstić information content (AvgIpc) is 2.48. The SMILES string of the molecule is Cc1ccc(CC(=O)N(C)c2cccc(C#N)c2)cc1. The van der Waals surface area contributed by atoms with Crippen LogP contribution in [0.25, 0.3) is 0 Å². The molecule has 2 aromatic rings. The molecule has 20 heavy (non-hydrogen) atoms. The van der Waals surface area contributed by atoms with Crippen LogP contribution in [0.5, 0.6) is 0 Å². The van der Waals surface area contributed by atoms with Crippen LogP contribution in [0.4, 0.5) is 5.69 Å². The number of carbonyl (C=O) groups excluding carboxylic acids is 1. The minimum atomic E-state index is 0.00365. The van der Waals surface area contributed by atoms with Crippen LogP contribution in [-0.4, -0.2) is 13.0 Å². The second-order valence-corrected chi connectivity index (χ2v) is 4.78. The summed E-state index contributed by atoms with van der Waals surface area (Å²) in [4.78, 5) is 13.8. The Labute approximate surface area is 119 Å². The normalized spacial score (nSPS) is 9.85. The minimum absolute atomic E-state index is 0.00365. The van der Waals surface area contributed by atoms with Crippen LogP contribution in [0.2, 0.25) is 0 Å². The Bertz CT molecular complexity index is 653. The first kappa shape index (κ1) is 13.8. The maximum atomic E-state index is 12.2. The molecule has 0 aliphatic heterocycles. The highest BCUT2D eigenvalue weighted by atomic mass is 16.2. The van der Waals surface area contributed by atoms with Gasteiger partial charge in [0, 0.05) is 12.7 Å². The van der Waals surface area contributed by atoms with Gasteiger partial charge in [-0.25, -0.2) is 0 Å². The first-order chi connectivity index (χ1) is 9.60. The number of anilines is 1. The molecule has 0 aliphatic rings. The summed E-state index contributed by atoms with van der Waals surface area (Å²) in [6.07, 6.45) is 0.355. The summed E-state index contributed by atoms with van der Waals surface area (Å²) >= 11 is 0. The summed E-state index contributed by atoms with van der Waals surface area (Å²) in [5, 5.41) is 8.89. The molecular weight excluding hydrogens is 248 g/mol. The van der Waals surface area contributed by atoms with Crippen molar-refractivity contribution in [2.75, 3.05) is 11.9 Å². The Morgan fingerprint density at radius 3 is 2.55 bits per heavy atom. The molecule has 2 rings (SSSR count). The standard InChI is InChI=1S/C17H16N2O/c1-13-6-8-14(9-7-13)11-17(20)19(2)16-5-3-4-15(10-16)12-18/h3-10H,11H2,1-2H3. The summed E-state index contributed by atoms with van der Waals surface area (Å²) in [6, 6.07) is 17.1. The first-order valence-electron chi connectivity index (χ1n) is 6.42. The molecule has 0 bridgehead atoms. The Kier molecular flexibility index (Phi) is 4.17. The lowest BCUT2D eigenvalue weighted by atomic mass is 10.1. The lowest BCUT2D eigenvalue weighted by Crippen LogP contribution is -2.27. The van der Waals surface area contributed by atoms with E-state index in [1.54, 1.807) is 30.1 Å². The van der Waals surface area contributed by atoms with Crippen molar-refractivity contribution in [3.8, 4) is 6.07 Å². The average molecular weight is 264 g/mol. The van der Waals surface area contributed by atoms with E-state index in [0.717, 1.165) is 11.3 Å². The molecule has 0 fully saturated rings. The largest absolute Gasteiger partial charge is 0.315 e. The minimum Gasteiger partial charge on any atom is -0.315 e. The molecule has 0 aromatic heterocycles. The second kappa shape index (κ2) is 6.03. The third-order valence-corrected chi connectivity index (χ3v) is 3.21. The highest BCUT2D eigenvalue weighted by molar-refractivity contribution is 5.94. The summed E-state index contributed by atoms with van der Waals surface area (Å²) < 4.78 is 0. The molecule has 3 heteroatoms. The molecule has 0 heterocycles. The van der Waals surface area contributed by atoms with E-state index in [1.807, 2.05) is 37.3 Å². The molecule has 0 N–H and O–H groups in total. The first-order valence-corrected chi connectivity index (χ1v) is 6.42. The molecule has 0 saturated carbocycles. The highest BCUT2D eigenvalue weighted by Crippen LogP contribution is 2.16. The van der Waals surface area contributed by atoms with Crippen LogP contribution in [0.3, 0.4) is 0 Å². The van der Waals surface area contributed by atoms with Gasteiger partial charge in [-0.05, 0) is 30.7 Å². The number of carbonyl (C=O) groups is 1. The Balaban J connectivity index is 2.12. The number of amides is 1. The molecule has 2 aromatic carbocycles. The van der Waals surface area contributed by atoms with Crippen molar-refractivity contribution in [3.05, 3.63) is 65.2 Å². The van der Waals surface area contributed by atoms with E-state index in [9.17, 15) is 4.79 Å². The van der Waals surface area contributed by atoms with Crippen molar-refractivity contribution in [3.63, 3.8) is 0 Å². The van der Waals surface area contributed by atoms with E-state index in [1.165, 1.54) is 5.56 Å². The fourth-order valence-electron chi connectivity index (χ4n) is 1.93. The number of nitrogens with zero attached hydrogens (tertiary/aromatic N) is 2. The topological polar surface area (TPSA) is 44.1 Å². The smallest absolute Gasteiger partial charge is 0.231 e. The van der Waals surface area contributed by atoms with Crippen molar-refractivity contribution in [2.24, 2.45) is 0 Å².